The van der Waals surface area contributed by atoms with Gasteiger partial charge in [-0.2, -0.15) is 0 Å². The van der Waals surface area contributed by atoms with Crippen LogP contribution < -0.4 is 11.1 Å². The van der Waals surface area contributed by atoms with E-state index in [-0.39, 0.29) is 23.7 Å². The van der Waals surface area contributed by atoms with E-state index in [1.807, 2.05) is 0 Å². The first-order chi connectivity index (χ1) is 11.1. The Morgan fingerprint density at radius 1 is 1.35 bits per heavy atom. The first-order valence-electron chi connectivity index (χ1n) is 7.87. The number of primary amides is 1. The fourth-order valence-electron chi connectivity index (χ4n) is 3.11. The molecule has 122 valence electrons. The maximum absolute atomic E-state index is 13.7. The molecule has 23 heavy (non-hydrogen) atoms. The lowest BCUT2D eigenvalue weighted by Gasteiger charge is -2.29. The van der Waals surface area contributed by atoms with Gasteiger partial charge in [0.15, 0.2) is 5.76 Å². The molecule has 1 aromatic carbocycles. The van der Waals surface area contributed by atoms with Crippen LogP contribution in [0.1, 0.15) is 31.6 Å². The zero-order valence-corrected chi connectivity index (χ0v) is 12.8. The van der Waals surface area contributed by atoms with E-state index >= 15 is 0 Å². The van der Waals surface area contributed by atoms with Crippen molar-refractivity contribution in [1.82, 2.24) is 10.3 Å². The van der Waals surface area contributed by atoms with Crippen molar-refractivity contribution in [3.8, 4) is 11.3 Å². The van der Waals surface area contributed by atoms with E-state index in [1.54, 1.807) is 18.2 Å². The van der Waals surface area contributed by atoms with Gasteiger partial charge in [0.2, 0.25) is 11.8 Å². The van der Waals surface area contributed by atoms with E-state index < -0.39 is 0 Å². The molecule has 0 saturated heterocycles. The Morgan fingerprint density at radius 2 is 2.13 bits per heavy atom. The van der Waals surface area contributed by atoms with Gasteiger partial charge in [0, 0.05) is 6.04 Å². The van der Waals surface area contributed by atoms with Gasteiger partial charge in [-0.05, 0) is 25.0 Å². The number of amides is 1. The Balaban J connectivity index is 1.65. The zero-order chi connectivity index (χ0) is 16.2. The molecule has 1 saturated carbocycles. The van der Waals surface area contributed by atoms with Crippen LogP contribution in [0, 0.1) is 11.7 Å². The van der Waals surface area contributed by atoms with Crippen LogP contribution in [0.5, 0.6) is 0 Å². The van der Waals surface area contributed by atoms with Crippen molar-refractivity contribution in [3.05, 3.63) is 42.2 Å². The van der Waals surface area contributed by atoms with Gasteiger partial charge in [0.25, 0.3) is 0 Å². The summed E-state index contributed by atoms with van der Waals surface area (Å²) in [5.74, 6) is 0.114. The second kappa shape index (κ2) is 6.91. The van der Waals surface area contributed by atoms with Crippen LogP contribution in [0.25, 0.3) is 11.3 Å². The minimum Gasteiger partial charge on any atom is -0.439 e. The number of rotatable bonds is 5. The van der Waals surface area contributed by atoms with E-state index in [0.717, 1.165) is 25.7 Å². The molecule has 0 aliphatic heterocycles. The summed E-state index contributed by atoms with van der Waals surface area (Å²) in [6, 6.07) is 6.46. The summed E-state index contributed by atoms with van der Waals surface area (Å²) in [6.07, 6.45) is 5.35. The molecular formula is C17H20FN3O2. The number of hydrogen-bond donors (Lipinski definition) is 2. The molecule has 1 aromatic heterocycles. The van der Waals surface area contributed by atoms with Crippen molar-refractivity contribution in [3.63, 3.8) is 0 Å². The fraction of sp³-hybridized carbons (Fsp3) is 0.412. The molecule has 3 N–H and O–H groups in total. The molecule has 1 aliphatic rings. The van der Waals surface area contributed by atoms with Crippen molar-refractivity contribution in [2.24, 2.45) is 11.7 Å². The predicted octanol–water partition coefficient (Wildman–Crippen LogP) is 2.61. The van der Waals surface area contributed by atoms with Crippen molar-refractivity contribution >= 4 is 5.91 Å². The normalized spacial score (nSPS) is 21.3. The van der Waals surface area contributed by atoms with Crippen molar-refractivity contribution in [1.29, 1.82) is 0 Å². The number of nitrogens with zero attached hydrogens (tertiary/aromatic N) is 1. The van der Waals surface area contributed by atoms with Crippen LogP contribution in [0.2, 0.25) is 0 Å². The van der Waals surface area contributed by atoms with E-state index in [1.165, 1.54) is 12.3 Å². The summed E-state index contributed by atoms with van der Waals surface area (Å²) in [4.78, 5) is 15.7. The monoisotopic (exact) mass is 317 g/mol. The number of halogens is 1. The Labute approximate surface area is 134 Å². The quantitative estimate of drug-likeness (QED) is 0.888. The van der Waals surface area contributed by atoms with Gasteiger partial charge in [-0.1, -0.05) is 25.0 Å². The number of benzene rings is 1. The van der Waals surface area contributed by atoms with Crippen LogP contribution in [0.3, 0.4) is 0 Å². The average Bonchev–Trinajstić information content (AvgIpc) is 3.02. The third-order valence-corrected chi connectivity index (χ3v) is 4.34. The minimum absolute atomic E-state index is 0.0464. The van der Waals surface area contributed by atoms with E-state index in [9.17, 15) is 9.18 Å². The first-order valence-corrected chi connectivity index (χ1v) is 7.87. The molecule has 5 nitrogen and oxygen atoms in total. The molecule has 0 radical (unpaired) electrons. The SMILES string of the molecule is NC(=O)C1CCCCC1NCc1ncc(-c2ccccc2F)o1. The Morgan fingerprint density at radius 3 is 2.91 bits per heavy atom. The standard InChI is InChI=1S/C17H20FN3O2/c18-13-7-3-1-5-11(13)15-9-21-16(23-15)10-20-14-8-4-2-6-12(14)17(19)22/h1,3,5,7,9,12,14,20H,2,4,6,8,10H2,(H2,19,22). The Kier molecular flexibility index (Phi) is 4.71. The van der Waals surface area contributed by atoms with Crippen molar-refractivity contribution < 1.29 is 13.6 Å². The first kappa shape index (κ1) is 15.7. The van der Waals surface area contributed by atoms with Crippen LogP contribution in [0.4, 0.5) is 4.39 Å². The molecular weight excluding hydrogens is 297 g/mol. The Hall–Kier alpha value is -2.21. The number of carbonyl (C=O) groups is 1. The molecule has 2 aromatic rings. The zero-order valence-electron chi connectivity index (χ0n) is 12.8. The molecule has 0 spiro atoms. The summed E-state index contributed by atoms with van der Waals surface area (Å²) in [6.45, 7) is 0.392. The molecule has 2 atom stereocenters. The topological polar surface area (TPSA) is 81.2 Å². The highest BCUT2D eigenvalue weighted by molar-refractivity contribution is 5.77. The van der Waals surface area contributed by atoms with Gasteiger partial charge >= 0.3 is 0 Å². The molecule has 6 heteroatoms. The molecule has 0 bridgehead atoms. The van der Waals surface area contributed by atoms with E-state index in [0.29, 0.717) is 23.8 Å². The highest BCUT2D eigenvalue weighted by Gasteiger charge is 2.29. The molecule has 1 aliphatic carbocycles. The number of nitrogens with two attached hydrogens (primary N) is 1. The van der Waals surface area contributed by atoms with Crippen LogP contribution in [-0.4, -0.2) is 16.9 Å². The number of carbonyl (C=O) groups excluding carboxylic acids is 1. The number of aromatic nitrogens is 1. The van der Waals surface area contributed by atoms with Gasteiger partial charge in [-0.15, -0.1) is 0 Å². The number of oxazole rings is 1. The summed E-state index contributed by atoms with van der Waals surface area (Å²) in [5, 5.41) is 3.30. The van der Waals surface area contributed by atoms with Crippen LogP contribution in [0.15, 0.2) is 34.9 Å². The summed E-state index contributed by atoms with van der Waals surface area (Å²) < 4.78 is 19.4. The van der Waals surface area contributed by atoms with Gasteiger partial charge in [-0.3, -0.25) is 4.79 Å². The molecule has 1 fully saturated rings. The lowest BCUT2D eigenvalue weighted by molar-refractivity contribution is -0.123. The second-order valence-electron chi connectivity index (χ2n) is 5.88. The number of hydrogen-bond acceptors (Lipinski definition) is 4. The summed E-state index contributed by atoms with van der Waals surface area (Å²) in [5.41, 5.74) is 5.85. The largest absolute Gasteiger partial charge is 0.439 e. The van der Waals surface area contributed by atoms with Crippen LogP contribution >= 0.6 is 0 Å². The third kappa shape index (κ3) is 3.59. The van der Waals surface area contributed by atoms with Gasteiger partial charge in [0.05, 0.1) is 24.2 Å². The summed E-state index contributed by atoms with van der Waals surface area (Å²) in [7, 11) is 0. The predicted molar refractivity (Wildman–Crippen MR) is 83.7 cm³/mol. The van der Waals surface area contributed by atoms with E-state index in [4.69, 9.17) is 10.2 Å². The average molecular weight is 317 g/mol. The van der Waals surface area contributed by atoms with E-state index in [2.05, 4.69) is 10.3 Å². The summed E-state index contributed by atoms with van der Waals surface area (Å²) >= 11 is 0. The lowest BCUT2D eigenvalue weighted by Crippen LogP contribution is -2.44. The van der Waals surface area contributed by atoms with Crippen molar-refractivity contribution in [2.45, 2.75) is 38.3 Å². The lowest BCUT2D eigenvalue weighted by atomic mass is 9.84. The molecule has 2 unspecified atom stereocenters. The maximum Gasteiger partial charge on any atom is 0.222 e. The van der Waals surface area contributed by atoms with Gasteiger partial charge in [-0.25, -0.2) is 9.37 Å². The van der Waals surface area contributed by atoms with Gasteiger partial charge in [0.1, 0.15) is 5.82 Å². The Bertz CT molecular complexity index is 686. The van der Waals surface area contributed by atoms with Crippen molar-refractivity contribution in [2.75, 3.05) is 0 Å². The van der Waals surface area contributed by atoms with Gasteiger partial charge < -0.3 is 15.5 Å². The highest BCUT2D eigenvalue weighted by Crippen LogP contribution is 2.26. The smallest absolute Gasteiger partial charge is 0.222 e. The fourth-order valence-corrected chi connectivity index (χ4v) is 3.11. The molecule has 3 rings (SSSR count). The molecule has 1 amide bonds. The maximum atomic E-state index is 13.7. The minimum atomic E-state index is -0.343. The third-order valence-electron chi connectivity index (χ3n) is 4.34. The molecule has 1 heterocycles. The second-order valence-corrected chi connectivity index (χ2v) is 5.88. The number of nitrogens with one attached hydrogen (secondary N) is 1. The highest BCUT2D eigenvalue weighted by atomic mass is 19.1. The van der Waals surface area contributed by atoms with Crippen LogP contribution in [-0.2, 0) is 11.3 Å².